The Morgan fingerprint density at radius 2 is 2.04 bits per heavy atom. The minimum absolute atomic E-state index is 0.101. The number of halogens is 1. The van der Waals surface area contributed by atoms with Crippen LogP contribution in [0.3, 0.4) is 0 Å². The Balaban J connectivity index is 2.01. The van der Waals surface area contributed by atoms with Crippen LogP contribution in [0.15, 0.2) is 18.3 Å². The van der Waals surface area contributed by atoms with Crippen molar-refractivity contribution in [1.82, 2.24) is 14.8 Å². The molecule has 1 aliphatic heterocycles. The smallest absolute Gasteiger partial charge is 0.410 e. The standard InChI is InChI=1S/C16H22ClN3O3/c1-11-10-19(15(22)23-16(2,3)4)7-8-20(11)14(21)12-5-6-18-13(17)9-12/h5-6,9,11H,7-8,10H2,1-4H3. The summed E-state index contributed by atoms with van der Waals surface area (Å²) in [5, 5.41) is 0.288. The molecule has 0 saturated carbocycles. The van der Waals surface area contributed by atoms with E-state index in [1.54, 1.807) is 21.9 Å². The van der Waals surface area contributed by atoms with Gasteiger partial charge in [-0.05, 0) is 39.8 Å². The molecule has 1 aliphatic rings. The Morgan fingerprint density at radius 1 is 1.35 bits per heavy atom. The normalized spacial score (nSPS) is 18.7. The summed E-state index contributed by atoms with van der Waals surface area (Å²) in [7, 11) is 0. The van der Waals surface area contributed by atoms with Crippen molar-refractivity contribution < 1.29 is 14.3 Å². The average Bonchev–Trinajstić information content (AvgIpc) is 2.44. The molecule has 126 valence electrons. The van der Waals surface area contributed by atoms with Crippen LogP contribution in [-0.2, 0) is 4.74 Å². The molecule has 1 aromatic heterocycles. The van der Waals surface area contributed by atoms with E-state index < -0.39 is 5.60 Å². The van der Waals surface area contributed by atoms with Gasteiger partial charge in [0.15, 0.2) is 0 Å². The van der Waals surface area contributed by atoms with Crippen LogP contribution in [0, 0.1) is 0 Å². The molecule has 7 heteroatoms. The van der Waals surface area contributed by atoms with Gasteiger partial charge in [-0.1, -0.05) is 11.6 Å². The fourth-order valence-corrected chi connectivity index (χ4v) is 2.63. The maximum atomic E-state index is 12.6. The first kappa shape index (κ1) is 17.5. The van der Waals surface area contributed by atoms with Gasteiger partial charge < -0.3 is 14.5 Å². The molecule has 6 nitrogen and oxygen atoms in total. The van der Waals surface area contributed by atoms with Gasteiger partial charge >= 0.3 is 6.09 Å². The summed E-state index contributed by atoms with van der Waals surface area (Å²) < 4.78 is 5.38. The van der Waals surface area contributed by atoms with Gasteiger partial charge in [-0.15, -0.1) is 0 Å². The fraction of sp³-hybridized carbons (Fsp3) is 0.562. The Bertz CT molecular complexity index is 600. The summed E-state index contributed by atoms with van der Waals surface area (Å²) in [6.07, 6.45) is 1.17. The molecule has 0 N–H and O–H groups in total. The van der Waals surface area contributed by atoms with Gasteiger partial charge in [-0.3, -0.25) is 4.79 Å². The van der Waals surface area contributed by atoms with E-state index in [0.29, 0.717) is 25.2 Å². The summed E-state index contributed by atoms with van der Waals surface area (Å²) in [4.78, 5) is 32.0. The number of nitrogens with zero attached hydrogens (tertiary/aromatic N) is 3. The lowest BCUT2D eigenvalue weighted by atomic mass is 10.1. The van der Waals surface area contributed by atoms with Crippen LogP contribution in [0.4, 0.5) is 4.79 Å². The van der Waals surface area contributed by atoms with Crippen LogP contribution in [-0.4, -0.2) is 58.1 Å². The number of aromatic nitrogens is 1. The number of pyridine rings is 1. The molecule has 2 heterocycles. The highest BCUT2D eigenvalue weighted by Gasteiger charge is 2.32. The largest absolute Gasteiger partial charge is 0.444 e. The SMILES string of the molecule is CC1CN(C(=O)OC(C)(C)C)CCN1C(=O)c1ccnc(Cl)c1. The van der Waals surface area contributed by atoms with Crippen LogP contribution in [0.2, 0.25) is 5.15 Å². The number of rotatable bonds is 1. The van der Waals surface area contributed by atoms with Gasteiger partial charge in [0.05, 0.1) is 0 Å². The second-order valence-corrected chi connectivity index (χ2v) is 7.03. The van der Waals surface area contributed by atoms with Gasteiger partial charge in [0.2, 0.25) is 0 Å². The summed E-state index contributed by atoms with van der Waals surface area (Å²) in [5.74, 6) is -0.106. The summed E-state index contributed by atoms with van der Waals surface area (Å²) in [6.45, 7) is 8.77. The predicted octanol–water partition coefficient (Wildman–Crippen LogP) is 2.82. The van der Waals surface area contributed by atoms with Crippen molar-refractivity contribution in [2.24, 2.45) is 0 Å². The number of hydrogen-bond donors (Lipinski definition) is 0. The van der Waals surface area contributed by atoms with E-state index in [0.717, 1.165) is 0 Å². The Labute approximate surface area is 141 Å². The molecular formula is C16H22ClN3O3. The molecule has 0 radical (unpaired) electrons. The second kappa shape index (κ2) is 6.74. The van der Waals surface area contributed by atoms with Crippen LogP contribution >= 0.6 is 11.6 Å². The molecule has 1 saturated heterocycles. The average molecular weight is 340 g/mol. The molecule has 23 heavy (non-hydrogen) atoms. The third kappa shape index (κ3) is 4.58. The second-order valence-electron chi connectivity index (χ2n) is 6.64. The van der Waals surface area contributed by atoms with Crippen molar-refractivity contribution in [1.29, 1.82) is 0 Å². The van der Waals surface area contributed by atoms with Crippen molar-refractivity contribution in [3.8, 4) is 0 Å². The number of carbonyl (C=O) groups is 2. The molecule has 0 bridgehead atoms. The summed E-state index contributed by atoms with van der Waals surface area (Å²) >= 11 is 5.84. The van der Waals surface area contributed by atoms with E-state index in [1.807, 2.05) is 27.7 Å². The van der Waals surface area contributed by atoms with E-state index in [1.165, 1.54) is 6.20 Å². The highest BCUT2D eigenvalue weighted by Crippen LogP contribution is 2.18. The van der Waals surface area contributed by atoms with Crippen LogP contribution in [0.1, 0.15) is 38.1 Å². The maximum Gasteiger partial charge on any atom is 0.410 e. The van der Waals surface area contributed by atoms with Crippen molar-refractivity contribution in [2.45, 2.75) is 39.3 Å². The van der Waals surface area contributed by atoms with E-state index in [-0.39, 0.29) is 23.2 Å². The third-order valence-corrected chi connectivity index (χ3v) is 3.72. The zero-order chi connectivity index (χ0) is 17.2. The monoisotopic (exact) mass is 339 g/mol. The van der Waals surface area contributed by atoms with E-state index in [4.69, 9.17) is 16.3 Å². The molecule has 1 aromatic rings. The molecule has 0 aliphatic carbocycles. The molecule has 2 rings (SSSR count). The number of hydrogen-bond acceptors (Lipinski definition) is 4. The van der Waals surface area contributed by atoms with Crippen molar-refractivity contribution in [2.75, 3.05) is 19.6 Å². The van der Waals surface area contributed by atoms with Crippen molar-refractivity contribution >= 4 is 23.6 Å². The van der Waals surface area contributed by atoms with Gasteiger partial charge in [0, 0.05) is 37.4 Å². The Kier molecular flexibility index (Phi) is 5.14. The highest BCUT2D eigenvalue weighted by atomic mass is 35.5. The zero-order valence-corrected chi connectivity index (χ0v) is 14.6. The first-order valence-electron chi connectivity index (χ1n) is 7.58. The number of carbonyl (C=O) groups excluding carboxylic acids is 2. The lowest BCUT2D eigenvalue weighted by Crippen LogP contribution is -2.56. The van der Waals surface area contributed by atoms with E-state index >= 15 is 0 Å². The van der Waals surface area contributed by atoms with E-state index in [2.05, 4.69) is 4.98 Å². The fourth-order valence-electron chi connectivity index (χ4n) is 2.45. The maximum absolute atomic E-state index is 12.6. The molecule has 1 unspecified atom stereocenters. The molecular weight excluding hydrogens is 318 g/mol. The zero-order valence-electron chi connectivity index (χ0n) is 13.9. The Hall–Kier alpha value is -1.82. The first-order valence-corrected chi connectivity index (χ1v) is 7.95. The first-order chi connectivity index (χ1) is 10.7. The molecule has 0 spiro atoms. The minimum atomic E-state index is -0.527. The molecule has 1 atom stereocenters. The minimum Gasteiger partial charge on any atom is -0.444 e. The van der Waals surface area contributed by atoms with Gasteiger partial charge in [0.1, 0.15) is 10.8 Å². The predicted molar refractivity (Wildman–Crippen MR) is 87.6 cm³/mol. The topological polar surface area (TPSA) is 62.7 Å². The van der Waals surface area contributed by atoms with Crippen LogP contribution < -0.4 is 0 Å². The number of ether oxygens (including phenoxy) is 1. The lowest BCUT2D eigenvalue weighted by molar-refractivity contribution is 0.00617. The molecule has 0 aromatic carbocycles. The van der Waals surface area contributed by atoms with Crippen LogP contribution in [0.25, 0.3) is 0 Å². The quantitative estimate of drug-likeness (QED) is 0.738. The Morgan fingerprint density at radius 3 is 2.61 bits per heavy atom. The van der Waals surface area contributed by atoms with Gasteiger partial charge in [-0.25, -0.2) is 9.78 Å². The number of piperazine rings is 1. The third-order valence-electron chi connectivity index (χ3n) is 3.51. The van der Waals surface area contributed by atoms with Crippen molar-refractivity contribution in [3.05, 3.63) is 29.0 Å². The number of amides is 2. The molecule has 1 fully saturated rings. The highest BCUT2D eigenvalue weighted by molar-refractivity contribution is 6.29. The van der Waals surface area contributed by atoms with E-state index in [9.17, 15) is 9.59 Å². The van der Waals surface area contributed by atoms with Crippen LogP contribution in [0.5, 0.6) is 0 Å². The summed E-state index contributed by atoms with van der Waals surface area (Å²) in [5.41, 5.74) is -0.0243. The van der Waals surface area contributed by atoms with Gasteiger partial charge in [0.25, 0.3) is 5.91 Å². The van der Waals surface area contributed by atoms with Crippen molar-refractivity contribution in [3.63, 3.8) is 0 Å². The van der Waals surface area contributed by atoms with Gasteiger partial charge in [-0.2, -0.15) is 0 Å². The molecule has 2 amide bonds. The summed E-state index contributed by atoms with van der Waals surface area (Å²) in [6, 6.07) is 3.09. The lowest BCUT2D eigenvalue weighted by Gasteiger charge is -2.40.